The van der Waals surface area contributed by atoms with Crippen molar-refractivity contribution in [3.05, 3.63) is 89.0 Å². The number of benzene rings is 2. The maximum absolute atomic E-state index is 13.9. The summed E-state index contributed by atoms with van der Waals surface area (Å²) in [7, 11) is 4.99. The van der Waals surface area contributed by atoms with Crippen molar-refractivity contribution in [2.24, 2.45) is 19.1 Å². The van der Waals surface area contributed by atoms with E-state index in [0.717, 1.165) is 16.6 Å². The van der Waals surface area contributed by atoms with Crippen molar-refractivity contribution in [3.8, 4) is 11.5 Å². The zero-order valence-electron chi connectivity index (χ0n) is 23.2. The van der Waals surface area contributed by atoms with E-state index in [2.05, 4.69) is 4.99 Å². The second-order valence-corrected chi connectivity index (χ2v) is 10.3. The molecule has 0 fully saturated rings. The van der Waals surface area contributed by atoms with Crippen molar-refractivity contribution in [3.63, 3.8) is 0 Å². The number of hydrogen-bond donors (Lipinski definition) is 0. The van der Waals surface area contributed by atoms with Gasteiger partial charge in [-0.1, -0.05) is 23.5 Å². The number of carbonyl (C=O) groups is 1. The predicted octanol–water partition coefficient (Wildman–Crippen LogP) is 2.40. The molecule has 0 aliphatic carbocycles. The second-order valence-electron chi connectivity index (χ2n) is 9.29. The summed E-state index contributed by atoms with van der Waals surface area (Å²) in [5.41, 5.74) is 3.33. The summed E-state index contributed by atoms with van der Waals surface area (Å²) in [5, 5.41) is 0. The molecular weight excluding hydrogens is 532 g/mol. The summed E-state index contributed by atoms with van der Waals surface area (Å²) in [5.74, 6) is 0.513. The maximum atomic E-state index is 13.9. The molecule has 5 rings (SSSR count). The van der Waals surface area contributed by atoms with Crippen LogP contribution < -0.4 is 30.1 Å². The number of esters is 1. The number of fused-ring (bicyclic) bond motifs is 2. The molecule has 0 bridgehead atoms. The van der Waals surface area contributed by atoms with E-state index >= 15 is 0 Å². The molecule has 1 aliphatic heterocycles. The van der Waals surface area contributed by atoms with E-state index in [9.17, 15) is 14.4 Å². The van der Waals surface area contributed by atoms with Crippen LogP contribution in [-0.4, -0.2) is 40.0 Å². The molecule has 0 saturated heterocycles. The summed E-state index contributed by atoms with van der Waals surface area (Å²) in [6.07, 6.45) is 1.78. The Morgan fingerprint density at radius 1 is 1.02 bits per heavy atom. The van der Waals surface area contributed by atoms with Gasteiger partial charge in [0.1, 0.15) is 0 Å². The van der Waals surface area contributed by atoms with Crippen LogP contribution in [0.1, 0.15) is 37.9 Å². The molecule has 208 valence electrons. The second kappa shape index (κ2) is 10.6. The Morgan fingerprint density at radius 3 is 2.48 bits per heavy atom. The highest BCUT2D eigenvalue weighted by Gasteiger charge is 2.34. The predicted molar refractivity (Wildman–Crippen MR) is 153 cm³/mol. The average Bonchev–Trinajstić information content (AvgIpc) is 3.35. The maximum Gasteiger partial charge on any atom is 0.338 e. The molecule has 0 radical (unpaired) electrons. The van der Waals surface area contributed by atoms with Crippen molar-refractivity contribution in [2.45, 2.75) is 26.8 Å². The highest BCUT2D eigenvalue weighted by atomic mass is 32.1. The van der Waals surface area contributed by atoms with Crippen molar-refractivity contribution in [1.82, 2.24) is 13.7 Å². The van der Waals surface area contributed by atoms with Gasteiger partial charge in [0, 0.05) is 14.1 Å². The van der Waals surface area contributed by atoms with E-state index in [1.54, 1.807) is 62.4 Å². The molecule has 10 nitrogen and oxygen atoms in total. The Kier molecular flexibility index (Phi) is 7.24. The summed E-state index contributed by atoms with van der Waals surface area (Å²) in [6, 6.07) is 10.2. The highest BCUT2D eigenvalue weighted by Crippen LogP contribution is 2.36. The molecule has 4 aromatic rings. The lowest BCUT2D eigenvalue weighted by Crippen LogP contribution is -2.40. The van der Waals surface area contributed by atoms with Crippen LogP contribution in [0.4, 0.5) is 0 Å². The van der Waals surface area contributed by atoms with Crippen LogP contribution in [0.5, 0.6) is 11.5 Å². The number of hydrogen-bond acceptors (Lipinski definition) is 8. The van der Waals surface area contributed by atoms with Crippen molar-refractivity contribution < 1.29 is 19.0 Å². The smallest absolute Gasteiger partial charge is 0.338 e. The number of nitrogens with zero attached hydrogens (tertiary/aromatic N) is 4. The number of rotatable bonds is 7. The van der Waals surface area contributed by atoms with Crippen molar-refractivity contribution in [1.29, 1.82) is 0 Å². The monoisotopic (exact) mass is 562 g/mol. The molecule has 2 aromatic heterocycles. The molecule has 1 aliphatic rings. The number of aromatic nitrogens is 3. The van der Waals surface area contributed by atoms with Crippen LogP contribution in [0.3, 0.4) is 0 Å². The minimum Gasteiger partial charge on any atom is -0.493 e. The Hall–Kier alpha value is -4.38. The standard InChI is InChI=1S/C29H30N4O6S/c1-7-38-22-15-18(10-12-21(22)37-6)25-24(27(35)39-8-2)16(3)30-28-33(25)26(34)23(40-28)14-17-9-11-19-20(13-17)32(5)29(36)31(19)4/h9-15,25H,7-8H2,1-6H3/b23-14+/t25-/m0/s1. The molecule has 0 spiro atoms. The lowest BCUT2D eigenvalue weighted by Gasteiger charge is -2.25. The average molecular weight is 563 g/mol. The Balaban J connectivity index is 1.73. The van der Waals surface area contributed by atoms with Crippen molar-refractivity contribution in [2.75, 3.05) is 20.3 Å². The van der Waals surface area contributed by atoms with Crippen LogP contribution in [-0.2, 0) is 23.6 Å². The first kappa shape index (κ1) is 27.2. The third kappa shape index (κ3) is 4.45. The van der Waals surface area contributed by atoms with Gasteiger partial charge in [0.25, 0.3) is 5.56 Å². The lowest BCUT2D eigenvalue weighted by molar-refractivity contribution is -0.139. The number of thiazole rings is 1. The molecular formula is C29H30N4O6S. The van der Waals surface area contributed by atoms with Gasteiger partial charge in [-0.15, -0.1) is 0 Å². The van der Waals surface area contributed by atoms with Gasteiger partial charge in [0.15, 0.2) is 16.3 Å². The first-order valence-corrected chi connectivity index (χ1v) is 13.7. The molecule has 0 saturated carbocycles. The van der Waals surface area contributed by atoms with Gasteiger partial charge in [0.2, 0.25) is 0 Å². The van der Waals surface area contributed by atoms with Gasteiger partial charge in [-0.05, 0) is 62.2 Å². The molecule has 11 heteroatoms. The van der Waals surface area contributed by atoms with Crippen LogP contribution >= 0.6 is 11.3 Å². The summed E-state index contributed by atoms with van der Waals surface area (Å²) < 4.78 is 21.7. The first-order chi connectivity index (χ1) is 19.2. The van der Waals surface area contributed by atoms with E-state index < -0.39 is 12.0 Å². The largest absolute Gasteiger partial charge is 0.493 e. The van der Waals surface area contributed by atoms with Crippen LogP contribution in [0.25, 0.3) is 17.1 Å². The summed E-state index contributed by atoms with van der Waals surface area (Å²) >= 11 is 1.24. The van der Waals surface area contributed by atoms with Crippen molar-refractivity contribution >= 4 is 34.4 Å². The summed E-state index contributed by atoms with van der Waals surface area (Å²) in [6.45, 7) is 5.95. The molecule has 0 amide bonds. The fraction of sp³-hybridized carbons (Fsp3) is 0.310. The Labute approximate surface area is 233 Å². The molecule has 40 heavy (non-hydrogen) atoms. The Bertz CT molecular complexity index is 1920. The number of ether oxygens (including phenoxy) is 3. The SMILES string of the molecule is CCOC(=O)C1=C(C)N=c2s/c(=C/c3ccc4c(c3)n(C)c(=O)n4C)c(=O)n2[C@H]1c1ccc(OC)c(OCC)c1. The minimum absolute atomic E-state index is 0.126. The van der Waals surface area contributed by atoms with E-state index in [4.69, 9.17) is 14.2 Å². The van der Waals surface area contributed by atoms with Gasteiger partial charge in [-0.3, -0.25) is 18.5 Å². The number of imidazole rings is 1. The zero-order valence-corrected chi connectivity index (χ0v) is 24.0. The van der Waals surface area contributed by atoms with E-state index in [1.807, 2.05) is 31.2 Å². The zero-order chi connectivity index (χ0) is 28.7. The van der Waals surface area contributed by atoms with Crippen LogP contribution in [0.15, 0.2) is 62.2 Å². The highest BCUT2D eigenvalue weighted by molar-refractivity contribution is 7.07. The van der Waals surface area contributed by atoms with Gasteiger partial charge in [-0.2, -0.15) is 0 Å². The lowest BCUT2D eigenvalue weighted by atomic mass is 9.95. The van der Waals surface area contributed by atoms with E-state index in [-0.39, 0.29) is 23.4 Å². The van der Waals surface area contributed by atoms with Gasteiger partial charge < -0.3 is 14.2 Å². The first-order valence-electron chi connectivity index (χ1n) is 12.9. The topological polar surface area (TPSA) is 106 Å². The number of carbonyl (C=O) groups excluding carboxylic acids is 1. The molecule has 0 N–H and O–H groups in total. The van der Waals surface area contributed by atoms with E-state index in [0.29, 0.717) is 38.7 Å². The molecule has 0 unspecified atom stereocenters. The van der Waals surface area contributed by atoms with E-state index in [1.165, 1.54) is 15.9 Å². The minimum atomic E-state index is -0.778. The number of aryl methyl sites for hydroxylation is 2. The summed E-state index contributed by atoms with van der Waals surface area (Å²) in [4.78, 5) is 44.6. The number of methoxy groups -OCH3 is 1. The third-order valence-electron chi connectivity index (χ3n) is 6.91. The fourth-order valence-electron chi connectivity index (χ4n) is 5.00. The molecule has 1 atom stereocenters. The van der Waals surface area contributed by atoms with Crippen LogP contribution in [0, 0.1) is 0 Å². The molecule has 3 heterocycles. The Morgan fingerprint density at radius 2 is 1.77 bits per heavy atom. The third-order valence-corrected chi connectivity index (χ3v) is 7.90. The van der Waals surface area contributed by atoms with Crippen LogP contribution in [0.2, 0.25) is 0 Å². The molecule has 2 aromatic carbocycles. The van der Waals surface area contributed by atoms with Gasteiger partial charge in [-0.25, -0.2) is 14.6 Å². The van der Waals surface area contributed by atoms with Gasteiger partial charge >= 0.3 is 11.7 Å². The fourth-order valence-corrected chi connectivity index (χ4v) is 6.05. The number of allylic oxidation sites excluding steroid dienone is 1. The van der Waals surface area contributed by atoms with Gasteiger partial charge in [0.05, 0.1) is 53.2 Å². The quantitative estimate of drug-likeness (QED) is 0.320. The normalized spacial score (nSPS) is 15.2.